The average molecular weight is 612 g/mol. The maximum Gasteiger partial charge on any atom is 0.164 e. The summed E-state index contributed by atoms with van der Waals surface area (Å²) < 4.78 is 0. The smallest absolute Gasteiger partial charge is 0.164 e. The molecule has 0 atom stereocenters. The second-order valence-corrected chi connectivity index (χ2v) is 11.8. The normalized spacial score (nSPS) is 11.3. The lowest BCUT2D eigenvalue weighted by Gasteiger charge is -2.15. The van der Waals surface area contributed by atoms with Gasteiger partial charge in [-0.3, -0.25) is 4.98 Å². The van der Waals surface area contributed by atoms with Gasteiger partial charge in [0, 0.05) is 33.8 Å². The van der Waals surface area contributed by atoms with Crippen LogP contribution in [0.25, 0.3) is 89.6 Å². The van der Waals surface area contributed by atoms with Crippen LogP contribution in [0.15, 0.2) is 152 Å². The first-order valence-corrected chi connectivity index (χ1v) is 15.8. The van der Waals surface area contributed by atoms with Crippen molar-refractivity contribution in [2.45, 2.75) is 0 Å². The summed E-state index contributed by atoms with van der Waals surface area (Å²) in [7, 11) is 0. The lowest BCUT2D eigenvalue weighted by molar-refractivity contribution is 1.08. The van der Waals surface area contributed by atoms with E-state index in [0.717, 1.165) is 44.5 Å². The van der Waals surface area contributed by atoms with Gasteiger partial charge in [-0.05, 0) is 69.1 Å². The van der Waals surface area contributed by atoms with Gasteiger partial charge in [0.2, 0.25) is 0 Å². The van der Waals surface area contributed by atoms with Gasteiger partial charge >= 0.3 is 0 Å². The average Bonchev–Trinajstić information content (AvgIpc) is 3.50. The molecule has 0 bridgehead atoms. The second kappa shape index (κ2) is 11.2. The van der Waals surface area contributed by atoms with Crippen molar-refractivity contribution in [1.82, 2.24) is 19.9 Å². The zero-order chi connectivity index (χ0) is 32.0. The molecule has 0 aliphatic heterocycles. The first-order valence-electron chi connectivity index (χ1n) is 15.8. The topological polar surface area (TPSA) is 75.3 Å². The first-order chi connectivity index (χ1) is 23.7. The molecule has 0 fully saturated rings. The maximum atomic E-state index is 9.48. The van der Waals surface area contributed by atoms with Crippen molar-refractivity contribution >= 4 is 10.8 Å². The first kappa shape index (κ1) is 27.5. The predicted octanol–water partition coefficient (Wildman–Crippen LogP) is 10.3. The minimum atomic E-state index is 0.595. The minimum absolute atomic E-state index is 0.595. The number of rotatable bonds is 5. The molecular formula is C43H25N5. The van der Waals surface area contributed by atoms with E-state index < -0.39 is 0 Å². The Kier molecular flexibility index (Phi) is 6.45. The van der Waals surface area contributed by atoms with Crippen LogP contribution in [0, 0.1) is 11.3 Å². The predicted molar refractivity (Wildman–Crippen MR) is 191 cm³/mol. The highest BCUT2D eigenvalue weighted by atomic mass is 15.0. The Labute approximate surface area is 277 Å². The zero-order valence-electron chi connectivity index (χ0n) is 25.7. The molecule has 0 saturated heterocycles. The third-order valence-corrected chi connectivity index (χ3v) is 9.01. The third kappa shape index (κ3) is 4.55. The molecule has 0 amide bonds. The molecule has 8 aromatic rings. The molecular weight excluding hydrogens is 587 g/mol. The molecule has 0 saturated carbocycles. The van der Waals surface area contributed by atoms with Gasteiger partial charge in [0.15, 0.2) is 17.5 Å². The highest BCUT2D eigenvalue weighted by Crippen LogP contribution is 2.51. The van der Waals surface area contributed by atoms with E-state index in [1.807, 2.05) is 84.9 Å². The van der Waals surface area contributed by atoms with Crippen molar-refractivity contribution < 1.29 is 0 Å². The van der Waals surface area contributed by atoms with Crippen LogP contribution in [-0.4, -0.2) is 19.9 Å². The molecule has 1 aliphatic rings. The SMILES string of the molecule is N#Cc1ccc(-c2ccc3c4c(ccc(-c5nc(-c6ccccc6)nc(-c6ccc(-c7ccccn7)cc6)n5)c24)-c2ccccc2-3)cc1. The number of aromatic nitrogens is 4. The molecule has 48 heavy (non-hydrogen) atoms. The van der Waals surface area contributed by atoms with Crippen LogP contribution in [-0.2, 0) is 0 Å². The van der Waals surface area contributed by atoms with Crippen LogP contribution in [0.1, 0.15) is 5.56 Å². The van der Waals surface area contributed by atoms with E-state index >= 15 is 0 Å². The number of nitriles is 1. The van der Waals surface area contributed by atoms with Gasteiger partial charge in [-0.25, -0.2) is 15.0 Å². The highest BCUT2D eigenvalue weighted by molar-refractivity contribution is 6.22. The van der Waals surface area contributed by atoms with E-state index in [0.29, 0.717) is 23.0 Å². The molecule has 0 spiro atoms. The zero-order valence-corrected chi connectivity index (χ0v) is 25.7. The van der Waals surface area contributed by atoms with Crippen molar-refractivity contribution in [3.8, 4) is 84.9 Å². The fourth-order valence-electron chi connectivity index (χ4n) is 6.71. The fourth-order valence-corrected chi connectivity index (χ4v) is 6.71. The molecule has 5 heteroatoms. The monoisotopic (exact) mass is 611 g/mol. The van der Waals surface area contributed by atoms with E-state index in [1.54, 1.807) is 6.20 Å². The Hall–Kier alpha value is -6.77. The molecule has 222 valence electrons. The minimum Gasteiger partial charge on any atom is -0.256 e. The lowest BCUT2D eigenvalue weighted by atomic mass is 9.90. The number of pyridine rings is 1. The Morgan fingerprint density at radius 3 is 1.54 bits per heavy atom. The van der Waals surface area contributed by atoms with Crippen molar-refractivity contribution in [3.63, 3.8) is 0 Å². The molecule has 0 N–H and O–H groups in total. The molecule has 0 radical (unpaired) electrons. The molecule has 1 aliphatic carbocycles. The summed E-state index contributed by atoms with van der Waals surface area (Å²) in [6, 6.07) is 51.5. The molecule has 6 aromatic carbocycles. The summed E-state index contributed by atoms with van der Waals surface area (Å²) in [5, 5.41) is 11.7. The molecule has 2 aromatic heterocycles. The number of hydrogen-bond acceptors (Lipinski definition) is 5. The molecule has 9 rings (SSSR count). The summed E-state index contributed by atoms with van der Waals surface area (Å²) in [6.45, 7) is 0. The van der Waals surface area contributed by atoms with Gasteiger partial charge in [-0.1, -0.05) is 115 Å². The van der Waals surface area contributed by atoms with Crippen molar-refractivity contribution in [2.75, 3.05) is 0 Å². The Morgan fingerprint density at radius 2 is 0.896 bits per heavy atom. The van der Waals surface area contributed by atoms with Crippen LogP contribution in [0.5, 0.6) is 0 Å². The van der Waals surface area contributed by atoms with Gasteiger partial charge in [-0.2, -0.15) is 5.26 Å². The summed E-state index contributed by atoms with van der Waals surface area (Å²) in [5.74, 6) is 1.80. The maximum absolute atomic E-state index is 9.48. The Bertz CT molecular complexity index is 2510. The van der Waals surface area contributed by atoms with Crippen LogP contribution in [0.3, 0.4) is 0 Å². The Morgan fingerprint density at radius 1 is 0.375 bits per heavy atom. The number of hydrogen-bond donors (Lipinski definition) is 0. The van der Waals surface area contributed by atoms with Gasteiger partial charge in [0.25, 0.3) is 0 Å². The summed E-state index contributed by atoms with van der Waals surface area (Å²) >= 11 is 0. The van der Waals surface area contributed by atoms with Crippen molar-refractivity contribution in [1.29, 1.82) is 5.26 Å². The van der Waals surface area contributed by atoms with Crippen LogP contribution in [0.2, 0.25) is 0 Å². The van der Waals surface area contributed by atoms with E-state index in [1.165, 1.54) is 27.6 Å². The van der Waals surface area contributed by atoms with Crippen LogP contribution < -0.4 is 0 Å². The highest BCUT2D eigenvalue weighted by Gasteiger charge is 2.26. The quantitative estimate of drug-likeness (QED) is 0.194. The molecule has 0 unspecified atom stereocenters. The second-order valence-electron chi connectivity index (χ2n) is 11.8. The van der Waals surface area contributed by atoms with E-state index in [-0.39, 0.29) is 0 Å². The van der Waals surface area contributed by atoms with E-state index in [4.69, 9.17) is 15.0 Å². The number of fused-ring (bicyclic) bond motifs is 3. The van der Waals surface area contributed by atoms with Crippen LogP contribution in [0.4, 0.5) is 0 Å². The molecule has 2 heterocycles. The van der Waals surface area contributed by atoms with Gasteiger partial charge < -0.3 is 0 Å². The van der Waals surface area contributed by atoms with E-state index in [9.17, 15) is 5.26 Å². The summed E-state index contributed by atoms with van der Waals surface area (Å²) in [4.78, 5) is 19.8. The largest absolute Gasteiger partial charge is 0.256 e. The van der Waals surface area contributed by atoms with Gasteiger partial charge in [-0.15, -0.1) is 0 Å². The summed E-state index contributed by atoms with van der Waals surface area (Å²) in [6.07, 6.45) is 1.80. The van der Waals surface area contributed by atoms with Crippen LogP contribution >= 0.6 is 0 Å². The van der Waals surface area contributed by atoms with Gasteiger partial charge in [0.05, 0.1) is 17.3 Å². The van der Waals surface area contributed by atoms with Crippen molar-refractivity contribution in [2.24, 2.45) is 0 Å². The van der Waals surface area contributed by atoms with Gasteiger partial charge in [0.1, 0.15) is 0 Å². The molecule has 5 nitrogen and oxygen atoms in total. The summed E-state index contributed by atoms with van der Waals surface area (Å²) in [5.41, 5.74) is 12.2. The van der Waals surface area contributed by atoms with E-state index in [2.05, 4.69) is 71.7 Å². The number of benzene rings is 6. The third-order valence-electron chi connectivity index (χ3n) is 9.01. The lowest BCUT2D eigenvalue weighted by Crippen LogP contribution is -2.01. The van der Waals surface area contributed by atoms with Crippen molar-refractivity contribution in [3.05, 3.63) is 157 Å². The number of nitrogens with zero attached hydrogens (tertiary/aromatic N) is 5. The standard InChI is InChI=1S/C43H25N5/c44-26-27-13-15-28(16-14-27)32-21-22-35-33-10-4-5-11-34(33)36-23-24-37(39(32)40(35)36)43-47-41(30-8-2-1-3-9-30)46-42(48-43)31-19-17-29(18-20-31)38-12-6-7-25-45-38/h1-25H. The fraction of sp³-hybridized carbons (Fsp3) is 0. The Balaban J connectivity index is 1.30.